The molecule has 8 nitrogen and oxygen atoms in total. The van der Waals surface area contributed by atoms with Crippen molar-refractivity contribution in [2.24, 2.45) is 17.6 Å². The summed E-state index contributed by atoms with van der Waals surface area (Å²) in [7, 11) is 0. The molecule has 1 aliphatic heterocycles. The zero-order valence-electron chi connectivity index (χ0n) is 15.9. The third-order valence-electron chi connectivity index (χ3n) is 4.68. The predicted octanol–water partition coefficient (Wildman–Crippen LogP) is 1.42. The molecule has 1 aromatic carbocycles. The van der Waals surface area contributed by atoms with Crippen LogP contribution >= 0.6 is 0 Å². The number of nitrogens with zero attached hydrogens (tertiary/aromatic N) is 1. The van der Waals surface area contributed by atoms with Crippen LogP contribution in [0.25, 0.3) is 0 Å². The van der Waals surface area contributed by atoms with Crippen molar-refractivity contribution in [1.82, 2.24) is 5.32 Å². The minimum absolute atomic E-state index is 0.00840. The number of carbonyl (C=O) groups excluding carboxylic acids is 4. The first kappa shape index (κ1) is 20.4. The highest BCUT2D eigenvalue weighted by molar-refractivity contribution is 6.01. The van der Waals surface area contributed by atoms with Gasteiger partial charge in [-0.2, -0.15) is 0 Å². The van der Waals surface area contributed by atoms with Crippen molar-refractivity contribution in [3.8, 4) is 0 Å². The lowest BCUT2D eigenvalue weighted by Crippen LogP contribution is -2.46. The highest BCUT2D eigenvalue weighted by atomic mass is 16.5. The van der Waals surface area contributed by atoms with E-state index >= 15 is 0 Å². The van der Waals surface area contributed by atoms with E-state index in [4.69, 9.17) is 10.5 Å². The Hall–Kier alpha value is -2.90. The van der Waals surface area contributed by atoms with E-state index in [0.29, 0.717) is 0 Å². The Morgan fingerprint density at radius 1 is 1.26 bits per heavy atom. The van der Waals surface area contributed by atoms with Gasteiger partial charge in [0.2, 0.25) is 5.91 Å². The molecule has 0 aliphatic carbocycles. The van der Waals surface area contributed by atoms with E-state index in [1.807, 2.05) is 37.4 Å². The number of nitrogens with two attached hydrogens (primary N) is 1. The first-order valence-corrected chi connectivity index (χ1v) is 8.79. The second-order valence-electron chi connectivity index (χ2n) is 7.08. The highest BCUT2D eigenvalue weighted by Gasteiger charge is 2.39. The molecule has 0 unspecified atom stereocenters. The molecule has 0 spiro atoms. The summed E-state index contributed by atoms with van der Waals surface area (Å²) >= 11 is 0. The van der Waals surface area contributed by atoms with Crippen LogP contribution in [-0.4, -0.2) is 36.5 Å². The van der Waals surface area contributed by atoms with Gasteiger partial charge in [-0.25, -0.2) is 4.79 Å². The van der Waals surface area contributed by atoms with Gasteiger partial charge in [0.1, 0.15) is 0 Å². The number of ether oxygens (including phenoxy) is 1. The highest BCUT2D eigenvalue weighted by Crippen LogP contribution is 2.30. The Kier molecular flexibility index (Phi) is 6.20. The zero-order valence-corrected chi connectivity index (χ0v) is 15.9. The average molecular weight is 375 g/mol. The summed E-state index contributed by atoms with van der Waals surface area (Å²) in [5, 5.41) is 1.92. The molecule has 0 bridgehead atoms. The van der Waals surface area contributed by atoms with Crippen LogP contribution in [0.15, 0.2) is 18.2 Å². The Morgan fingerprint density at radius 3 is 2.52 bits per heavy atom. The average Bonchev–Trinajstić information content (AvgIpc) is 2.95. The summed E-state index contributed by atoms with van der Waals surface area (Å²) in [4.78, 5) is 49.4. The first-order chi connectivity index (χ1) is 12.6. The molecular weight excluding hydrogens is 350 g/mol. The van der Waals surface area contributed by atoms with Crippen LogP contribution in [0.1, 0.15) is 31.4 Å². The minimum atomic E-state index is -1.16. The van der Waals surface area contributed by atoms with Crippen molar-refractivity contribution >= 4 is 29.5 Å². The quantitative estimate of drug-likeness (QED) is 0.755. The Balaban J connectivity index is 2.11. The maximum absolute atomic E-state index is 12.5. The van der Waals surface area contributed by atoms with E-state index in [0.717, 1.165) is 16.8 Å². The number of hydrogen-bond acceptors (Lipinski definition) is 5. The van der Waals surface area contributed by atoms with Crippen molar-refractivity contribution < 1.29 is 23.9 Å². The SMILES string of the molecule is Cc1cccc(N2C[C@@H](C(=O)O[C@H](C(=O)NC(N)=O)C(C)C)CC2=O)c1C. The predicted molar refractivity (Wildman–Crippen MR) is 98.8 cm³/mol. The second kappa shape index (κ2) is 8.20. The molecule has 1 aromatic rings. The summed E-state index contributed by atoms with van der Waals surface area (Å²) in [6.07, 6.45) is -1.15. The number of carbonyl (C=O) groups is 4. The number of hydrogen-bond donors (Lipinski definition) is 2. The Morgan fingerprint density at radius 2 is 1.93 bits per heavy atom. The third-order valence-corrected chi connectivity index (χ3v) is 4.68. The van der Waals surface area contributed by atoms with Gasteiger partial charge in [-0.15, -0.1) is 0 Å². The Bertz CT molecular complexity index is 775. The van der Waals surface area contributed by atoms with Crippen LogP contribution < -0.4 is 16.0 Å². The number of anilines is 1. The van der Waals surface area contributed by atoms with E-state index in [-0.39, 0.29) is 24.8 Å². The summed E-state index contributed by atoms with van der Waals surface area (Å²) in [5.41, 5.74) is 7.74. The molecule has 3 N–H and O–H groups in total. The van der Waals surface area contributed by atoms with Crippen LogP contribution in [-0.2, 0) is 19.1 Å². The molecule has 2 rings (SSSR count). The molecule has 8 heteroatoms. The number of esters is 1. The van der Waals surface area contributed by atoms with Crippen LogP contribution in [0.3, 0.4) is 0 Å². The number of nitrogens with one attached hydrogen (secondary N) is 1. The minimum Gasteiger partial charge on any atom is -0.452 e. The fourth-order valence-corrected chi connectivity index (χ4v) is 3.03. The zero-order chi connectivity index (χ0) is 20.3. The summed E-state index contributed by atoms with van der Waals surface area (Å²) in [6.45, 7) is 7.42. The van der Waals surface area contributed by atoms with Crippen molar-refractivity contribution in [3.05, 3.63) is 29.3 Å². The molecule has 1 aliphatic rings. The van der Waals surface area contributed by atoms with Crippen LogP contribution in [0.5, 0.6) is 0 Å². The van der Waals surface area contributed by atoms with E-state index in [1.54, 1.807) is 18.7 Å². The maximum atomic E-state index is 12.5. The topological polar surface area (TPSA) is 119 Å². The lowest BCUT2D eigenvalue weighted by molar-refractivity contribution is -0.161. The van der Waals surface area contributed by atoms with Crippen LogP contribution in [0, 0.1) is 25.7 Å². The van der Waals surface area contributed by atoms with E-state index < -0.39 is 29.9 Å². The molecule has 0 saturated carbocycles. The van der Waals surface area contributed by atoms with Gasteiger partial charge in [0.15, 0.2) is 6.10 Å². The lowest BCUT2D eigenvalue weighted by atomic mass is 10.1. The molecule has 146 valence electrons. The molecule has 27 heavy (non-hydrogen) atoms. The fraction of sp³-hybridized carbons (Fsp3) is 0.474. The van der Waals surface area contributed by atoms with Crippen molar-refractivity contribution in [2.75, 3.05) is 11.4 Å². The van der Waals surface area contributed by atoms with Gasteiger partial charge in [0.25, 0.3) is 5.91 Å². The molecule has 0 radical (unpaired) electrons. The van der Waals surface area contributed by atoms with Gasteiger partial charge >= 0.3 is 12.0 Å². The maximum Gasteiger partial charge on any atom is 0.318 e. The van der Waals surface area contributed by atoms with Gasteiger partial charge < -0.3 is 15.4 Å². The van der Waals surface area contributed by atoms with E-state index in [2.05, 4.69) is 0 Å². The molecule has 0 aromatic heterocycles. The molecule has 1 fully saturated rings. The number of rotatable bonds is 5. The number of urea groups is 1. The first-order valence-electron chi connectivity index (χ1n) is 8.79. The largest absolute Gasteiger partial charge is 0.452 e. The Labute approximate surface area is 158 Å². The number of amides is 4. The van der Waals surface area contributed by atoms with Crippen molar-refractivity contribution in [1.29, 1.82) is 0 Å². The van der Waals surface area contributed by atoms with Gasteiger partial charge in [-0.3, -0.25) is 19.7 Å². The third kappa shape index (κ3) is 4.64. The second-order valence-corrected chi connectivity index (χ2v) is 7.08. The van der Waals surface area contributed by atoms with E-state index in [1.165, 1.54) is 0 Å². The standard InChI is InChI=1S/C19H25N3O5/c1-10(2)16(17(24)21-19(20)26)27-18(25)13-8-15(23)22(9-13)14-7-5-6-11(3)12(14)4/h5-7,10,13,16H,8-9H2,1-4H3,(H3,20,21,24,26)/t13-,16-/m0/s1. The van der Waals surface area contributed by atoms with Gasteiger partial charge in [-0.05, 0) is 37.0 Å². The molecule has 1 saturated heterocycles. The van der Waals surface area contributed by atoms with Gasteiger partial charge in [0.05, 0.1) is 5.92 Å². The van der Waals surface area contributed by atoms with E-state index in [9.17, 15) is 19.2 Å². The molecule has 4 amide bonds. The summed E-state index contributed by atoms with van der Waals surface area (Å²) < 4.78 is 5.31. The number of imide groups is 1. The van der Waals surface area contributed by atoms with Gasteiger partial charge in [0, 0.05) is 18.7 Å². The number of aryl methyl sites for hydroxylation is 1. The summed E-state index contributed by atoms with van der Waals surface area (Å²) in [6, 6.07) is 4.64. The van der Waals surface area contributed by atoms with Crippen LogP contribution in [0.2, 0.25) is 0 Å². The smallest absolute Gasteiger partial charge is 0.318 e. The molecule has 1 heterocycles. The van der Waals surface area contributed by atoms with Crippen molar-refractivity contribution in [2.45, 2.75) is 40.2 Å². The normalized spacial score (nSPS) is 17.7. The van der Waals surface area contributed by atoms with Gasteiger partial charge in [-0.1, -0.05) is 26.0 Å². The molecular formula is C19H25N3O5. The lowest BCUT2D eigenvalue weighted by Gasteiger charge is -2.22. The monoisotopic (exact) mass is 375 g/mol. The molecule has 2 atom stereocenters. The number of benzene rings is 1. The van der Waals surface area contributed by atoms with Crippen LogP contribution in [0.4, 0.5) is 10.5 Å². The summed E-state index contributed by atoms with van der Waals surface area (Å²) in [5.74, 6) is -2.63. The number of primary amides is 1. The fourth-order valence-electron chi connectivity index (χ4n) is 3.03. The van der Waals surface area contributed by atoms with Crippen molar-refractivity contribution in [3.63, 3.8) is 0 Å².